The van der Waals surface area contributed by atoms with Gasteiger partial charge in [-0.3, -0.25) is 4.98 Å². The van der Waals surface area contributed by atoms with Gasteiger partial charge in [-0.25, -0.2) is 4.79 Å². The molecule has 0 saturated heterocycles. The number of aliphatic hydroxyl groups excluding tert-OH is 1. The summed E-state index contributed by atoms with van der Waals surface area (Å²) in [5, 5.41) is 15.3. The first-order valence-corrected chi connectivity index (χ1v) is 7.33. The fraction of sp³-hybridized carbons (Fsp3) is 0.600. The second-order valence-electron chi connectivity index (χ2n) is 5.37. The number of pyridine rings is 1. The molecule has 1 aromatic heterocycles. The normalized spacial score (nSPS) is 22.9. The molecule has 20 heavy (non-hydrogen) atoms. The molecule has 0 radical (unpaired) electrons. The average Bonchev–Trinajstić information content (AvgIpc) is 2.71. The van der Waals surface area contributed by atoms with Crippen molar-refractivity contribution >= 4 is 6.03 Å². The number of hydrogen-bond acceptors (Lipinski definition) is 3. The SMILES string of the molecule is O=C(NCc1ccncc1)NC1CCCCCC1CO. The summed E-state index contributed by atoms with van der Waals surface area (Å²) < 4.78 is 0. The number of aromatic nitrogens is 1. The van der Waals surface area contributed by atoms with Gasteiger partial charge in [0.2, 0.25) is 0 Å². The highest BCUT2D eigenvalue weighted by atomic mass is 16.3. The molecule has 0 bridgehead atoms. The summed E-state index contributed by atoms with van der Waals surface area (Å²) >= 11 is 0. The van der Waals surface area contributed by atoms with Crippen LogP contribution < -0.4 is 10.6 Å². The monoisotopic (exact) mass is 277 g/mol. The third-order valence-electron chi connectivity index (χ3n) is 3.91. The second-order valence-corrected chi connectivity index (χ2v) is 5.37. The van der Waals surface area contributed by atoms with Gasteiger partial charge in [0, 0.05) is 37.5 Å². The Kier molecular flexibility index (Phi) is 5.80. The first kappa shape index (κ1) is 14.8. The molecule has 0 spiro atoms. The van der Waals surface area contributed by atoms with Gasteiger partial charge >= 0.3 is 6.03 Å². The highest BCUT2D eigenvalue weighted by molar-refractivity contribution is 5.74. The standard InChI is InChI=1S/C15H23N3O2/c19-11-13-4-2-1-3-5-14(13)18-15(20)17-10-12-6-8-16-9-7-12/h6-9,13-14,19H,1-5,10-11H2,(H2,17,18,20). The Bertz CT molecular complexity index is 411. The number of rotatable bonds is 4. The van der Waals surface area contributed by atoms with E-state index in [0.29, 0.717) is 6.54 Å². The maximum Gasteiger partial charge on any atom is 0.315 e. The number of hydrogen-bond donors (Lipinski definition) is 3. The molecule has 3 N–H and O–H groups in total. The molecule has 2 rings (SSSR count). The molecule has 5 nitrogen and oxygen atoms in total. The molecular weight excluding hydrogens is 254 g/mol. The van der Waals surface area contributed by atoms with Crippen LogP contribution in [0.25, 0.3) is 0 Å². The molecule has 2 atom stereocenters. The predicted octanol–water partition coefficient (Wildman–Crippen LogP) is 1.82. The second kappa shape index (κ2) is 7.85. The van der Waals surface area contributed by atoms with Gasteiger partial charge < -0.3 is 15.7 Å². The zero-order valence-electron chi connectivity index (χ0n) is 11.7. The van der Waals surface area contributed by atoms with Gasteiger partial charge in [-0.15, -0.1) is 0 Å². The average molecular weight is 277 g/mol. The summed E-state index contributed by atoms with van der Waals surface area (Å²) in [6.07, 6.45) is 8.81. The van der Waals surface area contributed by atoms with Crippen molar-refractivity contribution in [3.63, 3.8) is 0 Å². The Hall–Kier alpha value is -1.62. The van der Waals surface area contributed by atoms with Gasteiger partial charge in [-0.1, -0.05) is 19.3 Å². The zero-order valence-corrected chi connectivity index (χ0v) is 11.7. The van der Waals surface area contributed by atoms with Crippen molar-refractivity contribution < 1.29 is 9.90 Å². The van der Waals surface area contributed by atoms with Crippen LogP contribution in [0.1, 0.15) is 37.7 Å². The first-order chi connectivity index (χ1) is 9.79. The highest BCUT2D eigenvalue weighted by Gasteiger charge is 2.24. The summed E-state index contributed by atoms with van der Waals surface area (Å²) in [4.78, 5) is 15.9. The van der Waals surface area contributed by atoms with E-state index in [9.17, 15) is 9.90 Å². The minimum atomic E-state index is -0.160. The third-order valence-corrected chi connectivity index (χ3v) is 3.91. The van der Waals surface area contributed by atoms with Crippen LogP contribution in [-0.4, -0.2) is 28.8 Å². The van der Waals surface area contributed by atoms with Crippen LogP contribution in [-0.2, 0) is 6.54 Å². The van der Waals surface area contributed by atoms with E-state index in [1.165, 1.54) is 6.42 Å². The van der Waals surface area contributed by atoms with Crippen molar-refractivity contribution in [3.8, 4) is 0 Å². The molecule has 1 heterocycles. The lowest BCUT2D eigenvalue weighted by molar-refractivity contribution is 0.179. The molecule has 0 aromatic carbocycles. The third kappa shape index (κ3) is 4.49. The number of amides is 2. The van der Waals surface area contributed by atoms with Gasteiger partial charge in [0.05, 0.1) is 0 Å². The van der Waals surface area contributed by atoms with E-state index in [1.807, 2.05) is 12.1 Å². The molecule has 1 saturated carbocycles. The lowest BCUT2D eigenvalue weighted by atomic mass is 9.96. The van der Waals surface area contributed by atoms with Gasteiger partial charge in [0.1, 0.15) is 0 Å². The number of nitrogens with zero attached hydrogens (tertiary/aromatic N) is 1. The van der Waals surface area contributed by atoms with E-state index in [1.54, 1.807) is 12.4 Å². The highest BCUT2D eigenvalue weighted by Crippen LogP contribution is 2.23. The molecule has 1 aliphatic rings. The summed E-state index contributed by atoms with van der Waals surface area (Å²) in [6, 6.07) is 3.68. The summed E-state index contributed by atoms with van der Waals surface area (Å²) in [5.41, 5.74) is 1.02. The van der Waals surface area contributed by atoms with Crippen molar-refractivity contribution in [2.75, 3.05) is 6.61 Å². The Labute approximate surface area is 119 Å². The van der Waals surface area contributed by atoms with E-state index in [2.05, 4.69) is 15.6 Å². The van der Waals surface area contributed by atoms with E-state index in [-0.39, 0.29) is 24.6 Å². The Morgan fingerprint density at radius 1 is 1.25 bits per heavy atom. The summed E-state index contributed by atoms with van der Waals surface area (Å²) in [6.45, 7) is 0.639. The fourth-order valence-corrected chi connectivity index (χ4v) is 2.70. The fourth-order valence-electron chi connectivity index (χ4n) is 2.70. The number of carbonyl (C=O) groups excluding carboxylic acids is 1. The maximum atomic E-state index is 11.9. The Morgan fingerprint density at radius 3 is 2.75 bits per heavy atom. The number of urea groups is 1. The molecule has 5 heteroatoms. The Balaban J connectivity index is 1.80. The van der Waals surface area contributed by atoms with Crippen molar-refractivity contribution in [1.29, 1.82) is 0 Å². The van der Waals surface area contributed by atoms with Crippen LogP contribution in [0.3, 0.4) is 0 Å². The minimum absolute atomic E-state index is 0.0833. The molecule has 0 aliphatic heterocycles. The number of nitrogens with one attached hydrogen (secondary N) is 2. The van der Waals surface area contributed by atoms with Gasteiger partial charge in [0.25, 0.3) is 0 Å². The molecule has 2 unspecified atom stereocenters. The van der Waals surface area contributed by atoms with Gasteiger partial charge in [-0.05, 0) is 30.5 Å². The molecular formula is C15H23N3O2. The van der Waals surface area contributed by atoms with Crippen molar-refractivity contribution in [2.45, 2.75) is 44.7 Å². The molecule has 1 aromatic rings. The summed E-state index contributed by atoms with van der Waals surface area (Å²) in [5.74, 6) is 0.184. The van der Waals surface area contributed by atoms with E-state index < -0.39 is 0 Å². The van der Waals surface area contributed by atoms with Crippen LogP contribution in [0.2, 0.25) is 0 Å². The first-order valence-electron chi connectivity index (χ1n) is 7.33. The van der Waals surface area contributed by atoms with Crippen LogP contribution >= 0.6 is 0 Å². The van der Waals surface area contributed by atoms with Gasteiger partial charge in [0.15, 0.2) is 0 Å². The van der Waals surface area contributed by atoms with Crippen LogP contribution in [0.5, 0.6) is 0 Å². The minimum Gasteiger partial charge on any atom is -0.396 e. The van der Waals surface area contributed by atoms with Crippen molar-refractivity contribution in [3.05, 3.63) is 30.1 Å². The van der Waals surface area contributed by atoms with Crippen LogP contribution in [0.4, 0.5) is 4.79 Å². The molecule has 1 aliphatic carbocycles. The van der Waals surface area contributed by atoms with Gasteiger partial charge in [-0.2, -0.15) is 0 Å². The van der Waals surface area contributed by atoms with Crippen molar-refractivity contribution in [2.24, 2.45) is 5.92 Å². The van der Waals surface area contributed by atoms with Crippen LogP contribution in [0, 0.1) is 5.92 Å². The van der Waals surface area contributed by atoms with E-state index >= 15 is 0 Å². The van der Waals surface area contributed by atoms with E-state index in [4.69, 9.17) is 0 Å². The lowest BCUT2D eigenvalue weighted by Gasteiger charge is -2.24. The molecule has 1 fully saturated rings. The largest absolute Gasteiger partial charge is 0.396 e. The quantitative estimate of drug-likeness (QED) is 0.735. The number of aliphatic hydroxyl groups is 1. The maximum absolute atomic E-state index is 11.9. The van der Waals surface area contributed by atoms with Crippen LogP contribution in [0.15, 0.2) is 24.5 Å². The smallest absolute Gasteiger partial charge is 0.315 e. The molecule has 110 valence electrons. The molecule has 2 amide bonds. The topological polar surface area (TPSA) is 74.2 Å². The lowest BCUT2D eigenvalue weighted by Crippen LogP contribution is -2.45. The zero-order chi connectivity index (χ0) is 14.2. The van der Waals surface area contributed by atoms with E-state index in [0.717, 1.165) is 31.2 Å². The summed E-state index contributed by atoms with van der Waals surface area (Å²) in [7, 11) is 0. The Morgan fingerprint density at radius 2 is 2.00 bits per heavy atom. The predicted molar refractivity (Wildman–Crippen MR) is 77.1 cm³/mol. The number of carbonyl (C=O) groups is 1. The van der Waals surface area contributed by atoms with Crippen molar-refractivity contribution in [1.82, 2.24) is 15.6 Å².